The van der Waals surface area contributed by atoms with E-state index in [0.29, 0.717) is 33.3 Å². The first-order valence-corrected chi connectivity index (χ1v) is 10.3. The Balaban J connectivity index is 1.79. The number of methoxy groups -OCH3 is 1. The minimum Gasteiger partial charge on any atom is -0.495 e. The van der Waals surface area contributed by atoms with Crippen LogP contribution >= 0.6 is 11.6 Å². The highest BCUT2D eigenvalue weighted by Crippen LogP contribution is 2.36. The maximum Gasteiger partial charge on any atom is 0.282 e. The van der Waals surface area contributed by atoms with Crippen molar-refractivity contribution in [2.24, 2.45) is 0 Å². The van der Waals surface area contributed by atoms with Crippen LogP contribution in [0.5, 0.6) is 5.75 Å². The molecular formula is C25H22ClN3O3. The molecule has 0 fully saturated rings. The van der Waals surface area contributed by atoms with Gasteiger partial charge < -0.3 is 15.0 Å². The summed E-state index contributed by atoms with van der Waals surface area (Å²) in [6.07, 6.45) is 0. The summed E-state index contributed by atoms with van der Waals surface area (Å²) in [5.74, 6) is -0.304. The molecule has 0 saturated heterocycles. The monoisotopic (exact) mass is 447 g/mol. The molecule has 1 heterocycles. The number of nitrogens with zero attached hydrogens (tertiary/aromatic N) is 2. The van der Waals surface area contributed by atoms with E-state index in [1.54, 1.807) is 24.3 Å². The molecule has 0 saturated carbocycles. The summed E-state index contributed by atoms with van der Waals surface area (Å²) >= 11 is 6.26. The van der Waals surface area contributed by atoms with Crippen molar-refractivity contribution in [2.45, 2.75) is 0 Å². The van der Waals surface area contributed by atoms with Crippen LogP contribution in [0.4, 0.5) is 17.1 Å². The highest BCUT2D eigenvalue weighted by Gasteiger charge is 2.40. The first-order valence-electron chi connectivity index (χ1n) is 9.97. The molecule has 3 aromatic rings. The Morgan fingerprint density at radius 1 is 0.906 bits per heavy atom. The molecule has 3 aromatic carbocycles. The van der Waals surface area contributed by atoms with Gasteiger partial charge in [-0.05, 0) is 42.0 Å². The van der Waals surface area contributed by atoms with Crippen molar-refractivity contribution in [1.29, 1.82) is 0 Å². The second-order valence-corrected chi connectivity index (χ2v) is 7.86. The molecule has 1 aliphatic heterocycles. The zero-order valence-corrected chi connectivity index (χ0v) is 18.7. The maximum absolute atomic E-state index is 13.5. The van der Waals surface area contributed by atoms with E-state index in [4.69, 9.17) is 16.3 Å². The Hall–Kier alpha value is -3.77. The smallest absolute Gasteiger partial charge is 0.282 e. The lowest BCUT2D eigenvalue weighted by Gasteiger charge is -2.19. The second-order valence-electron chi connectivity index (χ2n) is 7.45. The standard InChI is InChI=1S/C25H22ClN3O3/c1-28(2)18-10-7-11-19(15-18)29-24(30)22(16-8-5-4-6-9-16)23(25(29)31)27-17-12-13-21(32-3)20(26)14-17/h4-15,27H,1-3H3. The summed E-state index contributed by atoms with van der Waals surface area (Å²) in [5, 5.41) is 3.51. The normalized spacial score (nSPS) is 13.6. The number of halogens is 1. The number of imide groups is 1. The molecule has 6 nitrogen and oxygen atoms in total. The number of ether oxygens (including phenoxy) is 1. The molecule has 0 aliphatic carbocycles. The first kappa shape index (κ1) is 21.5. The second kappa shape index (κ2) is 8.77. The van der Waals surface area contributed by atoms with Crippen molar-refractivity contribution in [3.8, 4) is 5.75 Å². The van der Waals surface area contributed by atoms with Gasteiger partial charge in [-0.1, -0.05) is 48.0 Å². The molecule has 32 heavy (non-hydrogen) atoms. The van der Waals surface area contributed by atoms with E-state index in [9.17, 15) is 9.59 Å². The fourth-order valence-corrected chi connectivity index (χ4v) is 3.81. The number of anilines is 3. The van der Waals surface area contributed by atoms with Crippen LogP contribution in [0.15, 0.2) is 78.5 Å². The van der Waals surface area contributed by atoms with Crippen LogP contribution in [-0.4, -0.2) is 33.0 Å². The quantitative estimate of drug-likeness (QED) is 0.549. The van der Waals surface area contributed by atoms with Crippen LogP contribution in [0.25, 0.3) is 5.57 Å². The largest absolute Gasteiger partial charge is 0.495 e. The number of carbonyl (C=O) groups excluding carboxylic acids is 2. The maximum atomic E-state index is 13.5. The molecule has 2 amide bonds. The minimum absolute atomic E-state index is 0.192. The zero-order chi connectivity index (χ0) is 22.8. The average molecular weight is 448 g/mol. The van der Waals surface area contributed by atoms with Crippen molar-refractivity contribution in [1.82, 2.24) is 0 Å². The van der Waals surface area contributed by atoms with Crippen LogP contribution in [0.2, 0.25) is 5.02 Å². The van der Waals surface area contributed by atoms with Gasteiger partial charge in [0.2, 0.25) is 0 Å². The summed E-state index contributed by atoms with van der Waals surface area (Å²) in [4.78, 5) is 30.1. The fraction of sp³-hybridized carbons (Fsp3) is 0.120. The Morgan fingerprint density at radius 2 is 1.66 bits per heavy atom. The molecule has 0 unspecified atom stereocenters. The zero-order valence-electron chi connectivity index (χ0n) is 17.9. The van der Waals surface area contributed by atoms with E-state index >= 15 is 0 Å². The van der Waals surface area contributed by atoms with Gasteiger partial charge in [0.05, 0.1) is 23.4 Å². The van der Waals surface area contributed by atoms with E-state index < -0.39 is 5.91 Å². The van der Waals surface area contributed by atoms with E-state index in [-0.39, 0.29) is 11.6 Å². The number of nitrogens with one attached hydrogen (secondary N) is 1. The Morgan fingerprint density at radius 3 is 2.31 bits per heavy atom. The molecule has 0 radical (unpaired) electrons. The molecule has 7 heteroatoms. The van der Waals surface area contributed by atoms with E-state index in [1.165, 1.54) is 12.0 Å². The predicted molar refractivity (Wildman–Crippen MR) is 128 cm³/mol. The molecule has 0 atom stereocenters. The number of amides is 2. The molecule has 0 aromatic heterocycles. The Labute approximate surface area is 191 Å². The molecule has 4 rings (SSSR count). The SMILES string of the molecule is COc1ccc(NC2=C(c3ccccc3)C(=O)N(c3cccc(N(C)C)c3)C2=O)cc1Cl. The fourth-order valence-electron chi connectivity index (χ4n) is 3.55. The summed E-state index contributed by atoms with van der Waals surface area (Å²) in [5.41, 5.74) is 3.11. The van der Waals surface area contributed by atoms with E-state index in [1.807, 2.05) is 67.5 Å². The lowest BCUT2D eigenvalue weighted by molar-refractivity contribution is -0.120. The number of carbonyl (C=O) groups is 2. The highest BCUT2D eigenvalue weighted by atomic mass is 35.5. The average Bonchev–Trinajstić information content (AvgIpc) is 3.03. The van der Waals surface area contributed by atoms with Gasteiger partial charge in [0.1, 0.15) is 11.4 Å². The van der Waals surface area contributed by atoms with Crippen LogP contribution in [0.1, 0.15) is 5.56 Å². The summed E-state index contributed by atoms with van der Waals surface area (Å²) in [6, 6.07) is 21.5. The van der Waals surface area contributed by atoms with Gasteiger partial charge in [-0.3, -0.25) is 9.59 Å². The topological polar surface area (TPSA) is 61.9 Å². The third-order valence-corrected chi connectivity index (χ3v) is 5.47. The summed E-state index contributed by atoms with van der Waals surface area (Å²) in [6.45, 7) is 0. The van der Waals surface area contributed by atoms with Crippen LogP contribution in [-0.2, 0) is 9.59 Å². The number of hydrogen-bond donors (Lipinski definition) is 1. The van der Waals surface area contributed by atoms with Crippen molar-refractivity contribution >= 4 is 46.1 Å². The first-order chi connectivity index (χ1) is 15.4. The Kier molecular flexibility index (Phi) is 5.88. The lowest BCUT2D eigenvalue weighted by atomic mass is 10.0. The number of rotatable bonds is 6. The van der Waals surface area contributed by atoms with Gasteiger partial charge in [-0.2, -0.15) is 0 Å². The van der Waals surface area contributed by atoms with Crippen molar-refractivity contribution in [3.05, 3.63) is 89.1 Å². The molecule has 162 valence electrons. The van der Waals surface area contributed by atoms with Crippen LogP contribution < -0.4 is 19.9 Å². The molecule has 1 N–H and O–H groups in total. The van der Waals surface area contributed by atoms with Gasteiger partial charge in [-0.25, -0.2) is 4.90 Å². The Bertz CT molecular complexity index is 1220. The molecule has 1 aliphatic rings. The molecular weight excluding hydrogens is 426 g/mol. The van der Waals surface area contributed by atoms with Crippen molar-refractivity contribution in [2.75, 3.05) is 36.3 Å². The third-order valence-electron chi connectivity index (χ3n) is 5.17. The van der Waals surface area contributed by atoms with Gasteiger partial charge >= 0.3 is 0 Å². The van der Waals surface area contributed by atoms with E-state index in [0.717, 1.165) is 5.69 Å². The molecule has 0 spiro atoms. The summed E-state index contributed by atoms with van der Waals surface area (Å²) < 4.78 is 5.20. The predicted octanol–water partition coefficient (Wildman–Crippen LogP) is 4.81. The number of hydrogen-bond acceptors (Lipinski definition) is 5. The van der Waals surface area contributed by atoms with E-state index in [2.05, 4.69) is 5.32 Å². The van der Waals surface area contributed by atoms with Crippen LogP contribution in [0, 0.1) is 0 Å². The van der Waals surface area contributed by atoms with Crippen molar-refractivity contribution in [3.63, 3.8) is 0 Å². The third kappa shape index (κ3) is 3.92. The lowest BCUT2D eigenvalue weighted by Crippen LogP contribution is -2.32. The summed E-state index contributed by atoms with van der Waals surface area (Å²) in [7, 11) is 5.34. The minimum atomic E-state index is -0.434. The van der Waals surface area contributed by atoms with Crippen molar-refractivity contribution < 1.29 is 14.3 Å². The van der Waals surface area contributed by atoms with Crippen LogP contribution in [0.3, 0.4) is 0 Å². The van der Waals surface area contributed by atoms with Gasteiger partial charge in [-0.15, -0.1) is 0 Å². The van der Waals surface area contributed by atoms with Gasteiger partial charge in [0, 0.05) is 25.5 Å². The van der Waals surface area contributed by atoms with Gasteiger partial charge in [0.15, 0.2) is 0 Å². The van der Waals surface area contributed by atoms with Gasteiger partial charge in [0.25, 0.3) is 11.8 Å². The number of benzene rings is 3. The molecule has 0 bridgehead atoms. The highest BCUT2D eigenvalue weighted by molar-refractivity contribution is 6.46.